The Morgan fingerprint density at radius 1 is 1.36 bits per heavy atom. The Bertz CT molecular complexity index is 477. The van der Waals surface area contributed by atoms with Crippen molar-refractivity contribution in [3.63, 3.8) is 0 Å². The van der Waals surface area contributed by atoms with Gasteiger partial charge in [0.05, 0.1) is 0 Å². The predicted octanol–water partition coefficient (Wildman–Crippen LogP) is 1.65. The van der Waals surface area contributed by atoms with Crippen molar-refractivity contribution in [2.45, 2.75) is 65.0 Å². The highest BCUT2D eigenvalue weighted by Gasteiger charge is 2.55. The summed E-state index contributed by atoms with van der Waals surface area (Å²) in [7, 11) is 0. The van der Waals surface area contributed by atoms with Crippen molar-refractivity contribution >= 4 is 17.8 Å². The van der Waals surface area contributed by atoms with Crippen LogP contribution in [-0.4, -0.2) is 40.9 Å². The van der Waals surface area contributed by atoms with Gasteiger partial charge in [-0.05, 0) is 31.6 Å². The first kappa shape index (κ1) is 16.8. The average Bonchev–Trinajstić information content (AvgIpc) is 2.67. The van der Waals surface area contributed by atoms with Crippen molar-refractivity contribution in [1.29, 1.82) is 0 Å². The summed E-state index contributed by atoms with van der Waals surface area (Å²) < 4.78 is 0. The van der Waals surface area contributed by atoms with E-state index < -0.39 is 11.6 Å². The first-order chi connectivity index (χ1) is 10.3. The number of imide groups is 1. The lowest BCUT2D eigenvalue weighted by molar-refractivity contribution is -0.137. The topological polar surface area (TPSA) is 78.5 Å². The molecule has 1 saturated carbocycles. The van der Waals surface area contributed by atoms with Crippen molar-refractivity contribution in [2.75, 3.05) is 6.54 Å². The molecule has 3 atom stereocenters. The van der Waals surface area contributed by atoms with Gasteiger partial charge in [-0.15, -0.1) is 0 Å². The van der Waals surface area contributed by atoms with Crippen LogP contribution in [0.15, 0.2) is 0 Å². The molecule has 1 aliphatic carbocycles. The molecule has 2 aliphatic rings. The van der Waals surface area contributed by atoms with E-state index in [1.54, 1.807) is 0 Å². The molecule has 0 aromatic heterocycles. The number of nitrogens with one attached hydrogen (secondary N) is 2. The van der Waals surface area contributed by atoms with E-state index in [2.05, 4.69) is 10.6 Å². The molecular formula is C16H27N3O3. The van der Waals surface area contributed by atoms with Gasteiger partial charge in [-0.1, -0.05) is 33.6 Å². The summed E-state index contributed by atoms with van der Waals surface area (Å²) in [5.74, 6) is -0.112. The molecule has 0 aromatic rings. The maximum atomic E-state index is 12.7. The lowest BCUT2D eigenvalue weighted by Gasteiger charge is -2.36. The Hall–Kier alpha value is -1.59. The summed E-state index contributed by atoms with van der Waals surface area (Å²) in [6.07, 6.45) is 3.61. The fourth-order valence-electron chi connectivity index (χ4n) is 3.25. The van der Waals surface area contributed by atoms with Gasteiger partial charge in [-0.2, -0.15) is 0 Å². The largest absolute Gasteiger partial charge is 0.352 e. The molecule has 4 amide bonds. The minimum Gasteiger partial charge on any atom is -0.352 e. The molecule has 2 N–H and O–H groups in total. The summed E-state index contributed by atoms with van der Waals surface area (Å²) in [6.45, 7) is 7.74. The van der Waals surface area contributed by atoms with Gasteiger partial charge in [0.15, 0.2) is 0 Å². The average molecular weight is 309 g/mol. The molecule has 22 heavy (non-hydrogen) atoms. The van der Waals surface area contributed by atoms with Crippen molar-refractivity contribution in [2.24, 2.45) is 11.8 Å². The van der Waals surface area contributed by atoms with Crippen LogP contribution >= 0.6 is 0 Å². The van der Waals surface area contributed by atoms with Gasteiger partial charge in [0.25, 0.3) is 5.91 Å². The van der Waals surface area contributed by atoms with Crippen molar-refractivity contribution < 1.29 is 14.4 Å². The molecule has 0 radical (unpaired) electrons. The molecule has 2 fully saturated rings. The van der Waals surface area contributed by atoms with E-state index in [1.807, 2.05) is 27.7 Å². The number of rotatable bonds is 4. The van der Waals surface area contributed by atoms with E-state index in [9.17, 15) is 14.4 Å². The van der Waals surface area contributed by atoms with Gasteiger partial charge < -0.3 is 10.6 Å². The van der Waals surface area contributed by atoms with Crippen LogP contribution in [0.5, 0.6) is 0 Å². The Morgan fingerprint density at radius 2 is 2.05 bits per heavy atom. The van der Waals surface area contributed by atoms with Crippen LogP contribution in [0.1, 0.15) is 53.4 Å². The van der Waals surface area contributed by atoms with Crippen LogP contribution in [-0.2, 0) is 9.59 Å². The zero-order valence-electron chi connectivity index (χ0n) is 13.9. The summed E-state index contributed by atoms with van der Waals surface area (Å²) >= 11 is 0. The zero-order chi connectivity index (χ0) is 16.5. The monoisotopic (exact) mass is 309 g/mol. The van der Waals surface area contributed by atoms with Crippen LogP contribution in [0, 0.1) is 11.8 Å². The van der Waals surface area contributed by atoms with Gasteiger partial charge in [0, 0.05) is 6.04 Å². The molecule has 1 saturated heterocycles. The number of carbonyl (C=O) groups is 3. The molecule has 0 aromatic carbocycles. The normalized spacial score (nSPS) is 29.9. The number of hydrogen-bond donors (Lipinski definition) is 2. The highest BCUT2D eigenvalue weighted by molar-refractivity contribution is 6.09. The number of hydrogen-bond acceptors (Lipinski definition) is 3. The molecule has 6 heteroatoms. The van der Waals surface area contributed by atoms with Crippen LogP contribution in [0.4, 0.5) is 4.79 Å². The molecule has 0 unspecified atom stereocenters. The third-order valence-electron chi connectivity index (χ3n) is 5.19. The first-order valence-corrected chi connectivity index (χ1v) is 8.21. The van der Waals surface area contributed by atoms with Crippen LogP contribution in [0.2, 0.25) is 0 Å². The summed E-state index contributed by atoms with van der Waals surface area (Å²) in [5.41, 5.74) is -0.792. The second kappa shape index (κ2) is 6.26. The van der Waals surface area contributed by atoms with Gasteiger partial charge in [-0.3, -0.25) is 14.5 Å². The van der Waals surface area contributed by atoms with Crippen LogP contribution in [0.25, 0.3) is 0 Å². The second-order valence-corrected chi connectivity index (χ2v) is 7.04. The van der Waals surface area contributed by atoms with Gasteiger partial charge in [0.2, 0.25) is 5.91 Å². The van der Waals surface area contributed by atoms with E-state index >= 15 is 0 Å². The molecule has 1 heterocycles. The number of carbonyl (C=O) groups excluding carboxylic acids is 3. The molecular weight excluding hydrogens is 282 g/mol. The fraction of sp³-hybridized carbons (Fsp3) is 0.812. The van der Waals surface area contributed by atoms with Gasteiger partial charge >= 0.3 is 6.03 Å². The highest BCUT2D eigenvalue weighted by atomic mass is 16.2. The van der Waals surface area contributed by atoms with Gasteiger partial charge in [-0.25, -0.2) is 4.79 Å². The Kier molecular flexibility index (Phi) is 4.78. The first-order valence-electron chi connectivity index (χ1n) is 8.21. The third kappa shape index (κ3) is 2.96. The lowest BCUT2D eigenvalue weighted by Crippen LogP contribution is -2.54. The fourth-order valence-corrected chi connectivity index (χ4v) is 3.25. The maximum absolute atomic E-state index is 12.7. The Balaban J connectivity index is 2.05. The van der Waals surface area contributed by atoms with Crippen LogP contribution in [0.3, 0.4) is 0 Å². The smallest absolute Gasteiger partial charge is 0.325 e. The molecule has 1 aliphatic heterocycles. The van der Waals surface area contributed by atoms with Crippen molar-refractivity contribution in [3.05, 3.63) is 0 Å². The molecule has 124 valence electrons. The van der Waals surface area contributed by atoms with Crippen LogP contribution < -0.4 is 10.6 Å². The number of urea groups is 1. The van der Waals surface area contributed by atoms with E-state index in [-0.39, 0.29) is 30.3 Å². The predicted molar refractivity (Wildman–Crippen MR) is 83.1 cm³/mol. The minimum atomic E-state index is -0.792. The van der Waals surface area contributed by atoms with Gasteiger partial charge in [0.1, 0.15) is 12.1 Å². The molecule has 2 rings (SSSR count). The Morgan fingerprint density at radius 3 is 2.64 bits per heavy atom. The summed E-state index contributed by atoms with van der Waals surface area (Å²) in [4.78, 5) is 38.0. The SMILES string of the molecule is CC(C)[C@H](C)NC(=O)CN1C(=O)N[C@]2(CCCC[C@H]2C)C1=O. The van der Waals surface area contributed by atoms with E-state index in [0.717, 1.165) is 24.2 Å². The zero-order valence-corrected chi connectivity index (χ0v) is 13.9. The molecule has 0 bridgehead atoms. The number of nitrogens with zero attached hydrogens (tertiary/aromatic N) is 1. The second-order valence-electron chi connectivity index (χ2n) is 7.04. The minimum absolute atomic E-state index is 0.0100. The van der Waals surface area contributed by atoms with E-state index in [4.69, 9.17) is 0 Å². The summed E-state index contributed by atoms with van der Waals surface area (Å²) in [6, 6.07) is -0.429. The quantitative estimate of drug-likeness (QED) is 0.775. The third-order valence-corrected chi connectivity index (χ3v) is 5.19. The molecule has 6 nitrogen and oxygen atoms in total. The maximum Gasteiger partial charge on any atom is 0.325 e. The standard InChI is InChI=1S/C16H27N3O3/c1-10(2)12(4)17-13(20)9-19-14(21)16(18-15(19)22)8-6-5-7-11(16)3/h10-12H,5-9H2,1-4H3,(H,17,20)(H,18,22)/t11-,12+,16+/m1/s1. The van der Waals surface area contributed by atoms with Crippen molar-refractivity contribution in [3.8, 4) is 0 Å². The van der Waals surface area contributed by atoms with Crippen molar-refractivity contribution in [1.82, 2.24) is 15.5 Å². The lowest BCUT2D eigenvalue weighted by atomic mass is 9.73. The Labute approximate surface area is 132 Å². The number of amides is 4. The molecule has 1 spiro atoms. The highest BCUT2D eigenvalue weighted by Crippen LogP contribution is 2.38. The van der Waals surface area contributed by atoms with E-state index in [0.29, 0.717) is 12.3 Å². The summed E-state index contributed by atoms with van der Waals surface area (Å²) in [5, 5.41) is 5.69. The van der Waals surface area contributed by atoms with E-state index in [1.165, 1.54) is 0 Å².